The van der Waals surface area contributed by atoms with Gasteiger partial charge in [-0.25, -0.2) is 9.89 Å². The summed E-state index contributed by atoms with van der Waals surface area (Å²) in [4.78, 5) is 51.0. The van der Waals surface area contributed by atoms with Gasteiger partial charge >= 0.3 is 6.09 Å². The predicted molar refractivity (Wildman–Crippen MR) is 160 cm³/mol. The summed E-state index contributed by atoms with van der Waals surface area (Å²) in [6.45, 7) is 4.61. The van der Waals surface area contributed by atoms with Crippen molar-refractivity contribution in [3.05, 3.63) is 88.1 Å². The quantitative estimate of drug-likeness (QED) is 0.245. The molecule has 2 aromatic heterocycles. The molecular weight excluding hydrogens is 566 g/mol. The fourth-order valence-corrected chi connectivity index (χ4v) is 4.95. The van der Waals surface area contributed by atoms with Gasteiger partial charge in [0.1, 0.15) is 6.33 Å². The lowest BCUT2D eigenvalue weighted by Crippen LogP contribution is -2.50. The van der Waals surface area contributed by atoms with Crippen LogP contribution in [0, 0.1) is 12.8 Å². The second kappa shape index (κ2) is 13.1. The number of nitrogens with zero attached hydrogens (tertiary/aromatic N) is 6. The molecule has 226 valence electrons. The van der Waals surface area contributed by atoms with Gasteiger partial charge in [0.25, 0.3) is 5.56 Å². The van der Waals surface area contributed by atoms with Gasteiger partial charge in [-0.1, -0.05) is 23.8 Å². The molecular formula is C30H31N9O5. The Hall–Kier alpha value is -5.66. The molecule has 3 heterocycles. The van der Waals surface area contributed by atoms with Crippen LogP contribution in [0.15, 0.2) is 65.7 Å². The summed E-state index contributed by atoms with van der Waals surface area (Å²) in [5, 5.41) is 23.8. The molecule has 1 saturated heterocycles. The maximum atomic E-state index is 13.3. The molecule has 14 nitrogen and oxygen atoms in total. The normalized spacial score (nSPS) is 13.8. The van der Waals surface area contributed by atoms with Crippen LogP contribution in [-0.4, -0.2) is 73.4 Å². The molecule has 0 aliphatic carbocycles. The number of hydrogen-bond donors (Lipinski definition) is 3. The Bertz CT molecular complexity index is 1740. The van der Waals surface area contributed by atoms with E-state index in [1.807, 2.05) is 25.1 Å². The van der Waals surface area contributed by atoms with Gasteiger partial charge in [-0.05, 0) is 71.7 Å². The third-order valence-corrected chi connectivity index (χ3v) is 7.29. The number of benzene rings is 2. The zero-order valence-corrected chi connectivity index (χ0v) is 24.4. The van der Waals surface area contributed by atoms with Gasteiger partial charge in [-0.2, -0.15) is 9.78 Å². The van der Waals surface area contributed by atoms with Crippen molar-refractivity contribution < 1.29 is 19.1 Å². The molecule has 44 heavy (non-hydrogen) atoms. The number of tetrazole rings is 1. The monoisotopic (exact) mass is 597 g/mol. The van der Waals surface area contributed by atoms with Crippen molar-refractivity contribution in [2.75, 3.05) is 25.5 Å². The molecule has 0 spiro atoms. The lowest BCUT2D eigenvalue weighted by atomic mass is 9.90. The van der Waals surface area contributed by atoms with E-state index in [-0.39, 0.29) is 17.7 Å². The summed E-state index contributed by atoms with van der Waals surface area (Å²) in [6, 6.07) is 13.5. The number of hydrogen-bond acceptors (Lipinski definition) is 9. The lowest BCUT2D eigenvalue weighted by Gasteiger charge is -2.40. The number of anilines is 1. The zero-order valence-electron chi connectivity index (χ0n) is 24.4. The molecule has 0 unspecified atom stereocenters. The number of likely N-dealkylation sites (tertiary alicyclic amines) is 1. The number of aromatic amines is 1. The van der Waals surface area contributed by atoms with Crippen molar-refractivity contribution in [3.8, 4) is 16.8 Å². The molecule has 1 aliphatic rings. The molecule has 1 atom stereocenters. The molecule has 4 aromatic rings. The van der Waals surface area contributed by atoms with Crippen LogP contribution in [0.5, 0.6) is 0 Å². The predicted octanol–water partition coefficient (Wildman–Crippen LogP) is 2.64. The number of rotatable bonds is 9. The van der Waals surface area contributed by atoms with Crippen LogP contribution in [0.1, 0.15) is 36.2 Å². The summed E-state index contributed by atoms with van der Waals surface area (Å²) in [7, 11) is 1.27. The number of carbonyl (C=O) groups is 3. The second-order valence-electron chi connectivity index (χ2n) is 10.5. The Labute approximate surface area is 252 Å². The van der Waals surface area contributed by atoms with Crippen LogP contribution in [-0.2, 0) is 14.3 Å². The van der Waals surface area contributed by atoms with Gasteiger partial charge in [0, 0.05) is 37.3 Å². The summed E-state index contributed by atoms with van der Waals surface area (Å²) in [6.07, 6.45) is 4.49. The van der Waals surface area contributed by atoms with Gasteiger partial charge in [-0.15, -0.1) is 5.10 Å². The summed E-state index contributed by atoms with van der Waals surface area (Å²) < 4.78 is 6.13. The molecule has 5 rings (SSSR count). The molecule has 3 N–H and O–H groups in total. The average Bonchev–Trinajstić information content (AvgIpc) is 3.52. The molecule has 1 aliphatic heterocycles. The summed E-state index contributed by atoms with van der Waals surface area (Å²) in [5.41, 5.74) is 3.95. The highest BCUT2D eigenvalue weighted by atomic mass is 16.5. The van der Waals surface area contributed by atoms with E-state index in [2.05, 4.69) is 41.1 Å². The Morgan fingerprint density at radius 3 is 2.59 bits per heavy atom. The van der Waals surface area contributed by atoms with Crippen LogP contribution >= 0.6 is 0 Å². The van der Waals surface area contributed by atoms with E-state index in [0.717, 1.165) is 11.1 Å². The number of H-pyrrole nitrogens is 1. The van der Waals surface area contributed by atoms with E-state index in [4.69, 9.17) is 0 Å². The average molecular weight is 598 g/mol. The number of aryl methyl sites for hydroxylation is 1. The molecule has 3 amide bonds. The molecule has 2 aromatic carbocycles. The Balaban J connectivity index is 1.39. The van der Waals surface area contributed by atoms with Gasteiger partial charge < -0.3 is 15.0 Å². The number of methoxy groups -OCH3 is 1. The fourth-order valence-electron chi connectivity index (χ4n) is 4.95. The highest BCUT2D eigenvalue weighted by molar-refractivity contribution is 5.92. The van der Waals surface area contributed by atoms with Crippen LogP contribution < -0.4 is 16.2 Å². The maximum Gasteiger partial charge on any atom is 0.411 e. The van der Waals surface area contributed by atoms with E-state index in [1.165, 1.54) is 31.1 Å². The number of amides is 3. The molecule has 1 fully saturated rings. The minimum absolute atomic E-state index is 0.00380. The smallest absolute Gasteiger partial charge is 0.411 e. The fraction of sp³-hybridized carbons (Fsp3) is 0.267. The van der Waals surface area contributed by atoms with E-state index in [1.54, 1.807) is 41.3 Å². The van der Waals surface area contributed by atoms with E-state index in [9.17, 15) is 19.2 Å². The zero-order chi connectivity index (χ0) is 31.2. The van der Waals surface area contributed by atoms with E-state index >= 15 is 0 Å². The second-order valence-corrected chi connectivity index (χ2v) is 10.5. The van der Waals surface area contributed by atoms with Crippen molar-refractivity contribution in [2.45, 2.75) is 26.3 Å². The lowest BCUT2D eigenvalue weighted by molar-refractivity contribution is -0.135. The van der Waals surface area contributed by atoms with Gasteiger partial charge in [-0.3, -0.25) is 19.7 Å². The minimum Gasteiger partial charge on any atom is -0.453 e. The van der Waals surface area contributed by atoms with Crippen molar-refractivity contribution in [1.29, 1.82) is 0 Å². The Morgan fingerprint density at radius 1 is 1.14 bits per heavy atom. The largest absolute Gasteiger partial charge is 0.453 e. The van der Waals surface area contributed by atoms with Crippen molar-refractivity contribution in [1.82, 2.24) is 40.6 Å². The van der Waals surface area contributed by atoms with Crippen molar-refractivity contribution >= 4 is 29.7 Å². The van der Waals surface area contributed by atoms with Crippen LogP contribution in [0.2, 0.25) is 0 Å². The SMILES string of the molecule is COC(=O)Nc1ccc(-c2cc([C@H](CC3CN(C(C)=O)C3)NC(=O)/C=C/c3cc(C)ccc3-n3cnnn3)n[nH]c2=O)cc1. The molecule has 14 heteroatoms. The molecule has 0 bridgehead atoms. The number of ether oxygens (including phenoxy) is 1. The van der Waals surface area contributed by atoms with Crippen molar-refractivity contribution in [2.24, 2.45) is 5.92 Å². The van der Waals surface area contributed by atoms with Crippen LogP contribution in [0.4, 0.5) is 10.5 Å². The summed E-state index contributed by atoms with van der Waals surface area (Å²) >= 11 is 0. The topological polar surface area (TPSA) is 177 Å². The first-order valence-electron chi connectivity index (χ1n) is 13.8. The third kappa shape index (κ3) is 7.03. The van der Waals surface area contributed by atoms with Gasteiger partial charge in [0.05, 0.1) is 30.1 Å². The molecule has 0 saturated carbocycles. The number of carbonyl (C=O) groups excluding carboxylic acids is 3. The third-order valence-electron chi connectivity index (χ3n) is 7.29. The summed E-state index contributed by atoms with van der Waals surface area (Å²) in [5.74, 6) is -0.233. The standard InChI is InChI=1S/C30H31N9O5/c1-18-4-10-27(39-17-31-36-37-39)22(12-18)7-11-28(41)33-25(13-20-15-38(16-20)19(2)40)26-14-24(29(42)35-34-26)21-5-8-23(9-6-21)32-30(43)44-3/h4-12,14,17,20,25H,13,15-16H2,1-3H3,(H,32,43)(H,33,41)(H,35,42)/b11-7+/t25-/m0/s1. The maximum absolute atomic E-state index is 13.3. The first-order valence-corrected chi connectivity index (χ1v) is 13.8. The number of nitrogens with one attached hydrogen (secondary N) is 3. The van der Waals surface area contributed by atoms with E-state index in [0.29, 0.717) is 47.7 Å². The van der Waals surface area contributed by atoms with E-state index < -0.39 is 17.7 Å². The first kappa shape index (κ1) is 29.8. The van der Waals surface area contributed by atoms with Crippen LogP contribution in [0.3, 0.4) is 0 Å². The number of aromatic nitrogens is 6. The van der Waals surface area contributed by atoms with Crippen LogP contribution in [0.25, 0.3) is 22.9 Å². The minimum atomic E-state index is -0.609. The van der Waals surface area contributed by atoms with Gasteiger partial charge in [0.15, 0.2) is 0 Å². The Kier molecular flexibility index (Phi) is 8.88. The van der Waals surface area contributed by atoms with Gasteiger partial charge in [0.2, 0.25) is 11.8 Å². The van der Waals surface area contributed by atoms with Crippen molar-refractivity contribution in [3.63, 3.8) is 0 Å². The highest BCUT2D eigenvalue weighted by Gasteiger charge is 2.32. The Morgan fingerprint density at radius 2 is 1.91 bits per heavy atom. The highest BCUT2D eigenvalue weighted by Crippen LogP contribution is 2.28. The molecule has 0 radical (unpaired) electrons. The first-order chi connectivity index (χ1) is 21.2.